The molecule has 0 amide bonds. The van der Waals surface area contributed by atoms with Crippen molar-refractivity contribution in [2.75, 3.05) is 50.5 Å². The van der Waals surface area contributed by atoms with Gasteiger partial charge in [0.1, 0.15) is 7.11 Å². The van der Waals surface area contributed by atoms with Gasteiger partial charge < -0.3 is 14.5 Å². The van der Waals surface area contributed by atoms with E-state index in [2.05, 4.69) is 10.1 Å². The number of hydrogen-bond acceptors (Lipinski definition) is 6. The van der Waals surface area contributed by atoms with E-state index in [0.29, 0.717) is 66.7 Å². The number of likely N-dealkylation sites (tertiary alicyclic amines) is 1. The number of alkyl halides is 6. The Morgan fingerprint density at radius 3 is 2.16 bits per heavy atom. The molecule has 1 saturated heterocycles. The molecule has 7 nitrogen and oxygen atoms in total. The summed E-state index contributed by atoms with van der Waals surface area (Å²) >= 11 is 12.5. The molecule has 16 heteroatoms. The number of benzene rings is 3. The Kier molecular flexibility index (Phi) is 11.4. The summed E-state index contributed by atoms with van der Waals surface area (Å²) in [4.78, 5) is 7.36. The molecule has 5 rings (SSSR count). The van der Waals surface area contributed by atoms with Crippen molar-refractivity contribution >= 4 is 44.6 Å². The highest BCUT2D eigenvalue weighted by atomic mass is 35.5. The van der Waals surface area contributed by atoms with E-state index in [1.54, 1.807) is 18.2 Å². The second-order valence-electron chi connectivity index (χ2n) is 12.6. The molecule has 0 aromatic heterocycles. The Labute approximate surface area is 296 Å². The number of sulfonamides is 1. The smallest absolute Gasteiger partial charge is 0.399 e. The highest BCUT2D eigenvalue weighted by Crippen LogP contribution is 2.48. The van der Waals surface area contributed by atoms with E-state index in [9.17, 15) is 34.8 Å². The second-order valence-corrected chi connectivity index (χ2v) is 15.3. The lowest BCUT2D eigenvalue weighted by atomic mass is 9.74. The third-order valence-electron chi connectivity index (χ3n) is 9.26. The quantitative estimate of drug-likeness (QED) is 0.111. The first-order chi connectivity index (χ1) is 23.4. The molecule has 0 radical (unpaired) electrons. The van der Waals surface area contributed by atoms with Gasteiger partial charge in [-0.15, -0.1) is 0 Å². The predicted octanol–water partition coefficient (Wildman–Crippen LogP) is 8.54. The number of fused-ring (bicyclic) bond motifs is 2. The summed E-state index contributed by atoms with van der Waals surface area (Å²) in [6, 6.07) is 13.9. The zero-order valence-corrected chi connectivity index (χ0v) is 29.4. The minimum atomic E-state index is -4.99. The monoisotopic (exact) mass is 765 g/mol. The second kappa shape index (κ2) is 14.9. The summed E-state index contributed by atoms with van der Waals surface area (Å²) in [7, 11) is -2.14. The van der Waals surface area contributed by atoms with Gasteiger partial charge in [0.2, 0.25) is 10.0 Å². The van der Waals surface area contributed by atoms with Gasteiger partial charge in [-0.05, 0) is 92.0 Å². The lowest BCUT2D eigenvalue weighted by molar-refractivity contribution is -0.143. The fraction of sp³-hybridized carbons (Fsp3) is 0.441. The zero-order valence-electron chi connectivity index (χ0n) is 27.1. The van der Waals surface area contributed by atoms with Gasteiger partial charge in [-0.25, -0.2) is 8.42 Å². The van der Waals surface area contributed by atoms with E-state index in [0.717, 1.165) is 18.4 Å². The van der Waals surface area contributed by atoms with Crippen molar-refractivity contribution in [3.05, 3.63) is 98.5 Å². The minimum Gasteiger partial charge on any atom is -0.399 e. The van der Waals surface area contributed by atoms with Gasteiger partial charge in [0.25, 0.3) is 0 Å². The molecule has 272 valence electrons. The van der Waals surface area contributed by atoms with Crippen LogP contribution >= 0.6 is 23.2 Å². The van der Waals surface area contributed by atoms with Crippen molar-refractivity contribution in [1.82, 2.24) is 4.90 Å². The molecule has 2 aliphatic rings. The lowest BCUT2D eigenvalue weighted by Gasteiger charge is -2.40. The van der Waals surface area contributed by atoms with E-state index >= 15 is 0 Å². The highest BCUT2D eigenvalue weighted by molar-refractivity contribution is 7.92. The number of nitrogens with zero attached hydrogens (tertiary/aromatic N) is 3. The third-order valence-corrected chi connectivity index (χ3v) is 11.1. The highest BCUT2D eigenvalue weighted by Gasteiger charge is 2.47. The van der Waals surface area contributed by atoms with Crippen LogP contribution in [0.15, 0.2) is 65.8 Å². The average molecular weight is 767 g/mol. The fourth-order valence-corrected chi connectivity index (χ4v) is 8.07. The zero-order chi connectivity index (χ0) is 36.5. The maximum Gasteiger partial charge on any atom is 0.416 e. The van der Waals surface area contributed by atoms with Crippen LogP contribution in [-0.2, 0) is 44.0 Å². The third kappa shape index (κ3) is 8.70. The molecule has 3 aromatic carbocycles. The van der Waals surface area contributed by atoms with Gasteiger partial charge >= 0.3 is 12.4 Å². The summed E-state index contributed by atoms with van der Waals surface area (Å²) in [6.45, 7) is 1.50. The van der Waals surface area contributed by atoms with Crippen LogP contribution < -0.4 is 4.31 Å². The van der Waals surface area contributed by atoms with E-state index in [-0.39, 0.29) is 28.7 Å². The number of para-hydroxylation sites is 1. The number of piperidine rings is 1. The fourth-order valence-electron chi connectivity index (χ4n) is 6.76. The Morgan fingerprint density at radius 1 is 0.940 bits per heavy atom. The number of ether oxygens (including phenoxy) is 1. The SMILES string of the molecule is CON=C(COCc1cc(C(F)(F)F)cc(C(F)(F)F)c1)C(CCN1CCC2(CC1)CN(S(C)(=O)=O)c1ccccc12)c1ccc(Cl)c(Cl)c1. The minimum absolute atomic E-state index is 0.0667. The van der Waals surface area contributed by atoms with Crippen molar-refractivity contribution in [3.63, 3.8) is 0 Å². The van der Waals surface area contributed by atoms with Crippen LogP contribution in [0, 0.1) is 0 Å². The van der Waals surface area contributed by atoms with Crippen LogP contribution in [0.4, 0.5) is 32.0 Å². The van der Waals surface area contributed by atoms with Gasteiger partial charge in [-0.1, -0.05) is 52.6 Å². The first-order valence-electron chi connectivity index (χ1n) is 15.6. The van der Waals surface area contributed by atoms with E-state index in [4.69, 9.17) is 32.8 Å². The topological polar surface area (TPSA) is 71.4 Å². The van der Waals surface area contributed by atoms with Crippen molar-refractivity contribution in [3.8, 4) is 0 Å². The van der Waals surface area contributed by atoms with Crippen LogP contribution in [0.1, 0.15) is 53.0 Å². The Hall–Kier alpha value is -3.04. The van der Waals surface area contributed by atoms with Crippen LogP contribution in [0.2, 0.25) is 10.0 Å². The summed E-state index contributed by atoms with van der Waals surface area (Å²) in [5.74, 6) is -0.471. The number of anilines is 1. The average Bonchev–Trinajstić information content (AvgIpc) is 3.37. The van der Waals surface area contributed by atoms with Crippen molar-refractivity contribution in [2.24, 2.45) is 5.16 Å². The molecule has 1 fully saturated rings. The Balaban J connectivity index is 1.32. The molecular formula is C34H35Cl2F6N3O4S. The molecule has 1 spiro atoms. The van der Waals surface area contributed by atoms with Gasteiger partial charge in [-0.2, -0.15) is 26.3 Å². The molecule has 1 atom stereocenters. The maximum absolute atomic E-state index is 13.4. The number of halogens is 8. The summed E-state index contributed by atoms with van der Waals surface area (Å²) in [5.41, 5.74) is -0.699. The van der Waals surface area contributed by atoms with Gasteiger partial charge in [0.05, 0.1) is 52.0 Å². The first kappa shape index (κ1) is 38.2. The Morgan fingerprint density at radius 2 is 1.58 bits per heavy atom. The normalized spacial score (nSPS) is 17.6. The van der Waals surface area contributed by atoms with Gasteiger partial charge in [-0.3, -0.25) is 4.31 Å². The predicted molar refractivity (Wildman–Crippen MR) is 180 cm³/mol. The molecule has 3 aromatic rings. The number of rotatable bonds is 11. The molecule has 1 unspecified atom stereocenters. The molecule has 2 aliphatic heterocycles. The standard InChI is InChI=1S/C34H35Cl2F6N3O4S/c1-48-43-30(20-49-19-22-15-24(33(37,38)39)18-25(16-22)34(40,41)42)26(23-7-8-28(35)29(36)17-23)9-12-44-13-10-32(11-14-44)21-45(50(2,46)47)31-6-4-3-5-27(31)32/h3-8,15-18,26H,9-14,19-21H2,1-2H3. The van der Waals surface area contributed by atoms with Crippen molar-refractivity contribution in [1.29, 1.82) is 0 Å². The molecule has 2 heterocycles. The van der Waals surface area contributed by atoms with Crippen molar-refractivity contribution in [2.45, 2.75) is 49.6 Å². The maximum atomic E-state index is 13.4. The van der Waals surface area contributed by atoms with Gasteiger partial charge in [0, 0.05) is 17.9 Å². The van der Waals surface area contributed by atoms with Crippen LogP contribution in [-0.4, -0.2) is 65.2 Å². The first-order valence-corrected chi connectivity index (χ1v) is 18.2. The van der Waals surface area contributed by atoms with E-state index in [1.807, 2.05) is 24.3 Å². The molecule has 50 heavy (non-hydrogen) atoms. The molecule has 0 bridgehead atoms. The summed E-state index contributed by atoms with van der Waals surface area (Å²) in [6.07, 6.45) is -6.83. The van der Waals surface area contributed by atoms with Crippen molar-refractivity contribution < 1.29 is 44.3 Å². The molecule has 0 N–H and O–H groups in total. The van der Waals surface area contributed by atoms with Crippen LogP contribution in [0.25, 0.3) is 0 Å². The lowest BCUT2D eigenvalue weighted by Crippen LogP contribution is -2.46. The van der Waals surface area contributed by atoms with Crippen LogP contribution in [0.5, 0.6) is 0 Å². The van der Waals surface area contributed by atoms with Crippen LogP contribution in [0.3, 0.4) is 0 Å². The summed E-state index contributed by atoms with van der Waals surface area (Å²) < 4.78 is 113. The summed E-state index contributed by atoms with van der Waals surface area (Å²) in [5, 5.41) is 4.75. The van der Waals surface area contributed by atoms with E-state index < -0.39 is 46.0 Å². The molecule has 0 saturated carbocycles. The van der Waals surface area contributed by atoms with E-state index in [1.165, 1.54) is 17.7 Å². The van der Waals surface area contributed by atoms with Gasteiger partial charge in [0.15, 0.2) is 0 Å². The molecule has 0 aliphatic carbocycles. The number of hydrogen-bond donors (Lipinski definition) is 0. The number of oxime groups is 1. The largest absolute Gasteiger partial charge is 0.416 e. The molecular weight excluding hydrogens is 731 g/mol. The Bertz CT molecular complexity index is 1800.